The van der Waals surface area contributed by atoms with Crippen molar-refractivity contribution in [3.63, 3.8) is 0 Å². The summed E-state index contributed by atoms with van der Waals surface area (Å²) in [6, 6.07) is 5.22. The summed E-state index contributed by atoms with van der Waals surface area (Å²) in [4.78, 5) is 27.3. The number of piperazine rings is 1. The smallest absolute Gasteiger partial charge is 0.480 e. The van der Waals surface area contributed by atoms with Crippen molar-refractivity contribution in [2.75, 3.05) is 25.1 Å². The summed E-state index contributed by atoms with van der Waals surface area (Å²) >= 11 is 0. The molecule has 0 amide bonds. The molecule has 13 heteroatoms. The van der Waals surface area contributed by atoms with Crippen LogP contribution in [-0.4, -0.2) is 69.2 Å². The van der Waals surface area contributed by atoms with Crippen molar-refractivity contribution >= 4 is 33.6 Å². The van der Waals surface area contributed by atoms with Crippen LogP contribution in [0.15, 0.2) is 30.6 Å². The first-order valence-corrected chi connectivity index (χ1v) is 11.5. The number of hydrogen-bond acceptors (Lipinski definition) is 9. The molecule has 0 bridgehead atoms. The van der Waals surface area contributed by atoms with Gasteiger partial charge in [-0.25, -0.2) is 14.8 Å². The van der Waals surface area contributed by atoms with Gasteiger partial charge in [-0.3, -0.25) is 4.68 Å². The van der Waals surface area contributed by atoms with Crippen molar-refractivity contribution in [3.8, 4) is 23.0 Å². The number of esters is 1. The average Bonchev–Trinajstić information content (AvgIpc) is 3.20. The molecule has 10 nitrogen and oxygen atoms in total. The number of benzene rings is 1. The molecule has 0 aliphatic carbocycles. The standard InChI is InChI=1S/C24H24F3N7O3/c1-12-9-34(10-13(2)29-12)15-6-17-20(28-8-15)30-21(31-22(17)36-4)16-5-14-11-33(3)32-18(14)7-19(16)37-23(35)24(25,26)27/h5-8,11-13,29H,9-10H2,1-4H3/t12-,13+. The van der Waals surface area contributed by atoms with Crippen molar-refractivity contribution in [1.82, 2.24) is 30.0 Å². The van der Waals surface area contributed by atoms with Crippen LogP contribution in [0, 0.1) is 0 Å². The Balaban J connectivity index is 1.62. The molecule has 194 valence electrons. The van der Waals surface area contributed by atoms with Gasteiger partial charge in [-0.05, 0) is 26.0 Å². The number of alkyl halides is 3. The Labute approximate surface area is 209 Å². The maximum Gasteiger partial charge on any atom is 0.491 e. The number of nitrogens with zero attached hydrogens (tertiary/aromatic N) is 6. The molecule has 3 aromatic heterocycles. The molecule has 0 unspecified atom stereocenters. The summed E-state index contributed by atoms with van der Waals surface area (Å²) in [7, 11) is 3.10. The number of aromatic nitrogens is 5. The fraction of sp³-hybridized carbons (Fsp3) is 0.375. The lowest BCUT2D eigenvalue weighted by molar-refractivity contribution is -0.189. The normalized spacial score (nSPS) is 18.4. The van der Waals surface area contributed by atoms with E-state index in [1.54, 1.807) is 19.4 Å². The number of fused-ring (bicyclic) bond motifs is 2. The quantitative estimate of drug-likeness (QED) is 0.324. The van der Waals surface area contributed by atoms with Gasteiger partial charge in [0.25, 0.3) is 0 Å². The van der Waals surface area contributed by atoms with Gasteiger partial charge < -0.3 is 19.7 Å². The molecule has 1 saturated heterocycles. The minimum absolute atomic E-state index is 0.00950. The predicted octanol–water partition coefficient (Wildman–Crippen LogP) is 3.24. The molecule has 0 spiro atoms. The summed E-state index contributed by atoms with van der Waals surface area (Å²) in [5.41, 5.74) is 1.56. The maximum atomic E-state index is 13.0. The first-order valence-electron chi connectivity index (χ1n) is 11.5. The van der Waals surface area contributed by atoms with Gasteiger partial charge in [-0.1, -0.05) is 0 Å². The number of methoxy groups -OCH3 is 1. The number of rotatable bonds is 4. The Morgan fingerprint density at radius 1 is 1.14 bits per heavy atom. The van der Waals surface area contributed by atoms with E-state index in [-0.39, 0.29) is 28.7 Å². The van der Waals surface area contributed by atoms with Crippen LogP contribution in [0.3, 0.4) is 0 Å². The number of pyridine rings is 1. The lowest BCUT2D eigenvalue weighted by Gasteiger charge is -2.37. The molecule has 1 N–H and O–H groups in total. The Morgan fingerprint density at radius 3 is 2.54 bits per heavy atom. The van der Waals surface area contributed by atoms with Crippen LogP contribution >= 0.6 is 0 Å². The van der Waals surface area contributed by atoms with Crippen LogP contribution in [0.4, 0.5) is 18.9 Å². The molecular formula is C24H24F3N7O3. The third-order valence-corrected chi connectivity index (χ3v) is 6.01. The van der Waals surface area contributed by atoms with E-state index < -0.39 is 12.1 Å². The molecule has 2 atom stereocenters. The molecule has 1 aromatic carbocycles. The Bertz CT molecular complexity index is 1490. The molecule has 0 radical (unpaired) electrons. The first kappa shape index (κ1) is 24.7. The number of aryl methyl sites for hydroxylation is 1. The molecule has 5 rings (SSSR count). The highest BCUT2D eigenvalue weighted by atomic mass is 19.4. The second-order valence-electron chi connectivity index (χ2n) is 9.09. The summed E-state index contributed by atoms with van der Waals surface area (Å²) in [5, 5.41) is 8.80. The summed E-state index contributed by atoms with van der Waals surface area (Å²) < 4.78 is 50.7. The zero-order valence-electron chi connectivity index (χ0n) is 20.5. The number of nitrogens with one attached hydrogen (secondary N) is 1. The van der Waals surface area contributed by atoms with Crippen LogP contribution in [-0.2, 0) is 11.8 Å². The highest BCUT2D eigenvalue weighted by Gasteiger charge is 2.42. The van der Waals surface area contributed by atoms with E-state index in [0.29, 0.717) is 28.4 Å². The van der Waals surface area contributed by atoms with Crippen molar-refractivity contribution < 1.29 is 27.4 Å². The van der Waals surface area contributed by atoms with Crippen LogP contribution < -0.4 is 19.7 Å². The zero-order chi connectivity index (χ0) is 26.5. The van der Waals surface area contributed by atoms with Crippen LogP contribution in [0.5, 0.6) is 11.6 Å². The zero-order valence-corrected chi connectivity index (χ0v) is 20.5. The van der Waals surface area contributed by atoms with Gasteiger partial charge >= 0.3 is 12.1 Å². The summed E-state index contributed by atoms with van der Waals surface area (Å²) in [5.74, 6) is -2.57. The van der Waals surface area contributed by atoms with E-state index in [9.17, 15) is 18.0 Å². The molecular weight excluding hydrogens is 491 g/mol. The van der Waals surface area contributed by atoms with Gasteiger partial charge in [0.1, 0.15) is 5.75 Å². The van der Waals surface area contributed by atoms with Crippen LogP contribution in [0.1, 0.15) is 13.8 Å². The SMILES string of the molecule is COc1nc(-c2cc3cn(C)nc3cc2OC(=O)C(F)(F)F)nc2ncc(N3C[C@@H](C)N[C@@H](C)C3)cc12. The summed E-state index contributed by atoms with van der Waals surface area (Å²) in [6.45, 7) is 5.79. The minimum Gasteiger partial charge on any atom is -0.480 e. The predicted molar refractivity (Wildman–Crippen MR) is 130 cm³/mol. The third kappa shape index (κ3) is 4.86. The Kier molecular flexibility index (Phi) is 6.10. The van der Waals surface area contributed by atoms with Gasteiger partial charge in [0.2, 0.25) is 5.88 Å². The van der Waals surface area contributed by atoms with Crippen LogP contribution in [0.25, 0.3) is 33.3 Å². The second-order valence-corrected chi connectivity index (χ2v) is 9.09. The number of hydrogen-bond donors (Lipinski definition) is 1. The first-order chi connectivity index (χ1) is 17.5. The van der Waals surface area contributed by atoms with E-state index in [1.807, 2.05) is 6.07 Å². The van der Waals surface area contributed by atoms with E-state index in [4.69, 9.17) is 9.47 Å². The molecule has 4 aromatic rings. The number of ether oxygens (including phenoxy) is 2. The average molecular weight is 515 g/mol. The third-order valence-electron chi connectivity index (χ3n) is 6.01. The van der Waals surface area contributed by atoms with Crippen molar-refractivity contribution in [3.05, 3.63) is 30.6 Å². The fourth-order valence-corrected chi connectivity index (χ4v) is 4.55. The second kappa shape index (κ2) is 9.14. The molecule has 4 heterocycles. The van der Waals surface area contributed by atoms with Crippen molar-refractivity contribution in [1.29, 1.82) is 0 Å². The molecule has 37 heavy (non-hydrogen) atoms. The van der Waals surface area contributed by atoms with E-state index in [2.05, 4.69) is 44.1 Å². The number of carbonyl (C=O) groups excluding carboxylic acids is 1. The number of carbonyl (C=O) groups is 1. The van der Waals surface area contributed by atoms with Crippen molar-refractivity contribution in [2.24, 2.45) is 7.05 Å². The molecule has 1 aliphatic rings. The van der Waals surface area contributed by atoms with Gasteiger partial charge in [-0.15, -0.1) is 0 Å². The Morgan fingerprint density at radius 2 is 1.86 bits per heavy atom. The number of halogens is 3. The minimum atomic E-state index is -5.19. The van der Waals surface area contributed by atoms with Gasteiger partial charge in [0.05, 0.1) is 35.5 Å². The van der Waals surface area contributed by atoms with Crippen LogP contribution in [0.2, 0.25) is 0 Å². The maximum absolute atomic E-state index is 13.0. The summed E-state index contributed by atoms with van der Waals surface area (Å²) in [6.07, 6.45) is -1.82. The highest BCUT2D eigenvalue weighted by molar-refractivity contribution is 5.91. The molecule has 1 aliphatic heterocycles. The van der Waals surface area contributed by atoms with E-state index in [1.165, 1.54) is 23.9 Å². The Hall–Kier alpha value is -4.00. The van der Waals surface area contributed by atoms with Gasteiger partial charge in [0.15, 0.2) is 11.5 Å². The highest BCUT2D eigenvalue weighted by Crippen LogP contribution is 2.36. The fourth-order valence-electron chi connectivity index (χ4n) is 4.55. The van der Waals surface area contributed by atoms with E-state index in [0.717, 1.165) is 18.8 Å². The monoisotopic (exact) mass is 515 g/mol. The number of anilines is 1. The van der Waals surface area contributed by atoms with Gasteiger partial charge in [-0.2, -0.15) is 23.3 Å². The lowest BCUT2D eigenvalue weighted by atomic mass is 10.1. The van der Waals surface area contributed by atoms with E-state index >= 15 is 0 Å². The molecule has 1 fully saturated rings. The molecule has 0 saturated carbocycles. The van der Waals surface area contributed by atoms with Gasteiger partial charge in [0, 0.05) is 49.9 Å². The van der Waals surface area contributed by atoms with Crippen molar-refractivity contribution in [2.45, 2.75) is 32.1 Å². The topological polar surface area (TPSA) is 107 Å². The largest absolute Gasteiger partial charge is 0.491 e. The lowest BCUT2D eigenvalue weighted by Crippen LogP contribution is -2.54.